The Morgan fingerprint density at radius 3 is 2.12 bits per heavy atom. The normalized spacial score (nSPS) is 10.0. The number of halogens is 3. The summed E-state index contributed by atoms with van der Waals surface area (Å²) in [6.07, 6.45) is 0. The molecule has 0 aromatic heterocycles. The largest absolute Gasteiger partial charge is 0.484 e. The summed E-state index contributed by atoms with van der Waals surface area (Å²) in [5.74, 6) is -0.00664. The lowest BCUT2D eigenvalue weighted by Gasteiger charge is -2.10. The molecule has 0 saturated heterocycles. The van der Waals surface area contributed by atoms with Crippen molar-refractivity contribution in [2.75, 3.05) is 13.2 Å². The van der Waals surface area contributed by atoms with Gasteiger partial charge in [-0.2, -0.15) is 0 Å². The Morgan fingerprint density at radius 2 is 1.52 bits per heavy atom. The molecule has 0 unspecified atom stereocenters. The van der Waals surface area contributed by atoms with E-state index >= 15 is 0 Å². The first kappa shape index (κ1) is 19.6. The van der Waals surface area contributed by atoms with Crippen LogP contribution in [0.5, 0.6) is 11.5 Å². The highest BCUT2D eigenvalue weighted by atomic mass is 79.9. The Morgan fingerprint density at radius 1 is 0.920 bits per heavy atom. The van der Waals surface area contributed by atoms with Crippen molar-refractivity contribution in [1.29, 1.82) is 0 Å². The molecular weight excluding hydrogens is 479 g/mol. The third-order valence-corrected chi connectivity index (χ3v) is 4.14. The number of carbonyl (C=O) groups is 2. The fourth-order valence-corrected chi connectivity index (χ4v) is 2.91. The van der Waals surface area contributed by atoms with Crippen molar-refractivity contribution in [2.24, 2.45) is 0 Å². The van der Waals surface area contributed by atoms with E-state index in [0.717, 1.165) is 4.47 Å². The monoisotopic (exact) mass is 490 g/mol. The molecule has 0 aliphatic heterocycles. The second-order valence-corrected chi connectivity index (χ2v) is 6.91. The van der Waals surface area contributed by atoms with Crippen LogP contribution in [0.15, 0.2) is 51.4 Å². The maximum atomic E-state index is 11.7. The zero-order chi connectivity index (χ0) is 18.2. The van der Waals surface area contributed by atoms with Crippen molar-refractivity contribution in [3.05, 3.63) is 56.4 Å². The second-order valence-electron chi connectivity index (χ2n) is 4.70. The number of nitrogens with one attached hydrogen (secondary N) is 2. The molecular formula is C16H13Br2ClN2O4. The highest BCUT2D eigenvalue weighted by Gasteiger charge is 2.08. The molecule has 2 aromatic rings. The van der Waals surface area contributed by atoms with Crippen molar-refractivity contribution in [1.82, 2.24) is 10.9 Å². The summed E-state index contributed by atoms with van der Waals surface area (Å²) in [7, 11) is 0. The molecule has 132 valence electrons. The summed E-state index contributed by atoms with van der Waals surface area (Å²) in [5, 5.41) is 0.571. The average molecular weight is 493 g/mol. The van der Waals surface area contributed by atoms with E-state index in [-0.39, 0.29) is 13.2 Å². The first-order valence-corrected chi connectivity index (χ1v) is 8.94. The van der Waals surface area contributed by atoms with Gasteiger partial charge in [-0.05, 0) is 58.4 Å². The van der Waals surface area contributed by atoms with Crippen LogP contribution in [0.3, 0.4) is 0 Å². The van der Waals surface area contributed by atoms with Gasteiger partial charge in [0.2, 0.25) is 0 Å². The Balaban J connectivity index is 1.68. The van der Waals surface area contributed by atoms with Crippen LogP contribution in [0.2, 0.25) is 5.02 Å². The molecule has 0 radical (unpaired) electrons. The predicted octanol–water partition coefficient (Wildman–Crippen LogP) is 3.47. The van der Waals surface area contributed by atoms with Gasteiger partial charge in [0, 0.05) is 9.50 Å². The third kappa shape index (κ3) is 6.93. The number of rotatable bonds is 6. The van der Waals surface area contributed by atoms with Gasteiger partial charge in [-0.3, -0.25) is 20.4 Å². The molecule has 25 heavy (non-hydrogen) atoms. The highest BCUT2D eigenvalue weighted by molar-refractivity contribution is 9.11. The van der Waals surface area contributed by atoms with Gasteiger partial charge in [0.25, 0.3) is 11.8 Å². The van der Waals surface area contributed by atoms with Crippen molar-refractivity contribution in [2.45, 2.75) is 0 Å². The maximum Gasteiger partial charge on any atom is 0.276 e. The van der Waals surface area contributed by atoms with Crippen LogP contribution in [0.1, 0.15) is 0 Å². The molecule has 0 saturated carbocycles. The summed E-state index contributed by atoms with van der Waals surface area (Å²) in [6.45, 7) is -0.500. The number of hydrazine groups is 1. The van der Waals surface area contributed by atoms with Crippen LogP contribution in [0.4, 0.5) is 0 Å². The Hall–Kier alpha value is -1.77. The molecule has 2 N–H and O–H groups in total. The van der Waals surface area contributed by atoms with Gasteiger partial charge >= 0.3 is 0 Å². The maximum absolute atomic E-state index is 11.7. The minimum atomic E-state index is -0.506. The third-order valence-electron chi connectivity index (χ3n) is 2.78. The molecule has 0 bridgehead atoms. The molecule has 0 spiro atoms. The summed E-state index contributed by atoms with van der Waals surface area (Å²) in [5.41, 5.74) is 4.48. The molecule has 2 aromatic carbocycles. The fraction of sp³-hybridized carbons (Fsp3) is 0.125. The molecule has 0 atom stereocenters. The van der Waals surface area contributed by atoms with Crippen LogP contribution in [-0.4, -0.2) is 25.0 Å². The quantitative estimate of drug-likeness (QED) is 0.606. The molecule has 2 amide bonds. The SMILES string of the molecule is O=C(COc1ccc(Cl)cc1)NNC(=O)COc1ccc(Br)cc1Br. The van der Waals surface area contributed by atoms with E-state index < -0.39 is 11.8 Å². The van der Waals surface area contributed by atoms with Crippen molar-refractivity contribution < 1.29 is 19.1 Å². The molecule has 2 rings (SSSR count). The Labute approximate surface area is 166 Å². The fourth-order valence-electron chi connectivity index (χ4n) is 1.63. The molecule has 9 heteroatoms. The minimum absolute atomic E-state index is 0.249. The number of hydrogen-bond acceptors (Lipinski definition) is 4. The van der Waals surface area contributed by atoms with E-state index in [9.17, 15) is 9.59 Å². The van der Waals surface area contributed by atoms with Crippen LogP contribution < -0.4 is 20.3 Å². The number of carbonyl (C=O) groups excluding carboxylic acids is 2. The number of amides is 2. The zero-order valence-electron chi connectivity index (χ0n) is 12.7. The lowest BCUT2D eigenvalue weighted by atomic mass is 10.3. The lowest BCUT2D eigenvalue weighted by Crippen LogP contribution is -2.45. The van der Waals surface area contributed by atoms with Gasteiger partial charge < -0.3 is 9.47 Å². The number of ether oxygens (including phenoxy) is 2. The van der Waals surface area contributed by atoms with Crippen LogP contribution in [0.25, 0.3) is 0 Å². The van der Waals surface area contributed by atoms with E-state index in [2.05, 4.69) is 42.7 Å². The first-order valence-electron chi connectivity index (χ1n) is 6.98. The smallest absolute Gasteiger partial charge is 0.276 e. The molecule has 0 aliphatic rings. The average Bonchev–Trinajstić information content (AvgIpc) is 2.58. The number of benzene rings is 2. The summed E-state index contributed by atoms with van der Waals surface area (Å²) in [4.78, 5) is 23.3. The molecule has 0 heterocycles. The van der Waals surface area contributed by atoms with E-state index in [4.69, 9.17) is 21.1 Å². The van der Waals surface area contributed by atoms with Crippen LogP contribution >= 0.6 is 43.5 Å². The lowest BCUT2D eigenvalue weighted by molar-refractivity contribution is -0.131. The minimum Gasteiger partial charge on any atom is -0.484 e. The van der Waals surface area contributed by atoms with E-state index in [1.54, 1.807) is 42.5 Å². The second kappa shape index (κ2) is 9.65. The van der Waals surface area contributed by atoms with Gasteiger partial charge in [0.1, 0.15) is 11.5 Å². The Kier molecular flexibility index (Phi) is 7.54. The zero-order valence-corrected chi connectivity index (χ0v) is 16.7. The summed E-state index contributed by atoms with van der Waals surface area (Å²) < 4.78 is 12.2. The van der Waals surface area contributed by atoms with Gasteiger partial charge in [-0.25, -0.2) is 0 Å². The summed E-state index contributed by atoms with van der Waals surface area (Å²) >= 11 is 12.4. The van der Waals surface area contributed by atoms with Crippen molar-refractivity contribution in [3.8, 4) is 11.5 Å². The van der Waals surface area contributed by atoms with Crippen molar-refractivity contribution in [3.63, 3.8) is 0 Å². The van der Waals surface area contributed by atoms with Gasteiger partial charge in [0.05, 0.1) is 4.47 Å². The molecule has 6 nitrogen and oxygen atoms in total. The number of hydrogen-bond donors (Lipinski definition) is 2. The summed E-state index contributed by atoms with van der Waals surface area (Å²) in [6, 6.07) is 11.9. The molecule has 0 aliphatic carbocycles. The van der Waals surface area contributed by atoms with Gasteiger partial charge in [-0.1, -0.05) is 27.5 Å². The van der Waals surface area contributed by atoms with Gasteiger partial charge in [-0.15, -0.1) is 0 Å². The van der Waals surface area contributed by atoms with E-state index in [1.165, 1.54) is 0 Å². The Bertz CT molecular complexity index is 756. The highest BCUT2D eigenvalue weighted by Crippen LogP contribution is 2.28. The van der Waals surface area contributed by atoms with Crippen LogP contribution in [0, 0.1) is 0 Å². The van der Waals surface area contributed by atoms with Gasteiger partial charge in [0.15, 0.2) is 13.2 Å². The van der Waals surface area contributed by atoms with E-state index in [0.29, 0.717) is 21.0 Å². The first-order chi connectivity index (χ1) is 11.9. The standard InChI is InChI=1S/C16H13Br2ClN2O4/c17-10-1-6-14(13(18)7-10)25-9-16(23)21-20-15(22)8-24-12-4-2-11(19)3-5-12/h1-7H,8-9H2,(H,20,22)(H,21,23). The van der Waals surface area contributed by atoms with E-state index in [1.807, 2.05) is 0 Å². The van der Waals surface area contributed by atoms with Crippen LogP contribution in [-0.2, 0) is 9.59 Å². The predicted molar refractivity (Wildman–Crippen MR) is 101 cm³/mol. The topological polar surface area (TPSA) is 76.7 Å². The van der Waals surface area contributed by atoms with Crippen molar-refractivity contribution >= 4 is 55.3 Å². The molecule has 0 fully saturated rings.